The van der Waals surface area contributed by atoms with Crippen molar-refractivity contribution in [2.45, 2.75) is 19.3 Å². The highest BCUT2D eigenvalue weighted by atomic mass is 14.9. The monoisotopic (exact) mass is 121 g/mol. The molecule has 0 amide bonds. The standard InChI is InChI=1S/C7H9N2/c1-2-4-7-6(3-1)8-5-9-7/h3,5H,1-2,4H2,(H,8,9). The van der Waals surface area contributed by atoms with Crippen molar-refractivity contribution in [3.63, 3.8) is 0 Å². The first-order valence-electron chi connectivity index (χ1n) is 3.32. The van der Waals surface area contributed by atoms with Gasteiger partial charge < -0.3 is 4.98 Å². The van der Waals surface area contributed by atoms with Gasteiger partial charge in [-0.3, -0.25) is 0 Å². The summed E-state index contributed by atoms with van der Waals surface area (Å²) in [6.07, 6.45) is 7.60. The van der Waals surface area contributed by atoms with Crippen molar-refractivity contribution in [2.24, 2.45) is 0 Å². The van der Waals surface area contributed by atoms with E-state index in [9.17, 15) is 0 Å². The van der Waals surface area contributed by atoms with Gasteiger partial charge in [0.25, 0.3) is 0 Å². The van der Waals surface area contributed by atoms with Gasteiger partial charge in [0.05, 0.1) is 12.0 Å². The van der Waals surface area contributed by atoms with Gasteiger partial charge in [0, 0.05) is 12.1 Å². The highest BCUT2D eigenvalue weighted by molar-refractivity contribution is 5.22. The Labute approximate surface area is 54.3 Å². The van der Waals surface area contributed by atoms with E-state index in [1.165, 1.54) is 30.7 Å². The number of aryl methyl sites for hydroxylation is 1. The smallest absolute Gasteiger partial charge is 0.0925 e. The molecule has 47 valence electrons. The molecular weight excluding hydrogens is 112 g/mol. The van der Waals surface area contributed by atoms with E-state index in [-0.39, 0.29) is 0 Å². The molecule has 0 atom stereocenters. The molecule has 0 unspecified atom stereocenters. The normalized spacial score (nSPS) is 17.3. The number of hydrogen-bond acceptors (Lipinski definition) is 1. The highest BCUT2D eigenvalue weighted by Gasteiger charge is 2.09. The fraction of sp³-hybridized carbons (Fsp3) is 0.429. The van der Waals surface area contributed by atoms with Crippen molar-refractivity contribution >= 4 is 0 Å². The second-order valence-electron chi connectivity index (χ2n) is 2.36. The number of nitrogens with zero attached hydrogens (tertiary/aromatic N) is 1. The Morgan fingerprint density at radius 3 is 3.44 bits per heavy atom. The Kier molecular flexibility index (Phi) is 1.04. The predicted octanol–water partition coefficient (Wildman–Crippen LogP) is 1.30. The van der Waals surface area contributed by atoms with Gasteiger partial charge in [0.2, 0.25) is 0 Å². The minimum absolute atomic E-state index is 1.17. The predicted molar refractivity (Wildman–Crippen MR) is 34.9 cm³/mol. The average molecular weight is 121 g/mol. The lowest BCUT2D eigenvalue weighted by atomic mass is 10.0. The van der Waals surface area contributed by atoms with Crippen molar-refractivity contribution in [1.29, 1.82) is 0 Å². The Hall–Kier alpha value is -0.790. The average Bonchev–Trinajstić information content (AvgIpc) is 2.33. The summed E-state index contributed by atoms with van der Waals surface area (Å²) >= 11 is 0. The molecule has 0 fully saturated rings. The summed E-state index contributed by atoms with van der Waals surface area (Å²) in [7, 11) is 0. The molecule has 0 bridgehead atoms. The number of aromatic amines is 1. The Balaban J connectivity index is 2.39. The first kappa shape index (κ1) is 5.03. The van der Waals surface area contributed by atoms with Crippen LogP contribution in [-0.4, -0.2) is 9.97 Å². The lowest BCUT2D eigenvalue weighted by Gasteiger charge is -2.06. The van der Waals surface area contributed by atoms with Crippen molar-refractivity contribution < 1.29 is 0 Å². The molecule has 1 N–H and O–H groups in total. The van der Waals surface area contributed by atoms with Crippen LogP contribution >= 0.6 is 0 Å². The molecule has 9 heavy (non-hydrogen) atoms. The summed E-state index contributed by atoms with van der Waals surface area (Å²) < 4.78 is 0. The van der Waals surface area contributed by atoms with Gasteiger partial charge >= 0.3 is 0 Å². The molecule has 0 aromatic carbocycles. The zero-order valence-corrected chi connectivity index (χ0v) is 5.22. The largest absolute Gasteiger partial charge is 0.348 e. The molecule has 1 aromatic heterocycles. The fourth-order valence-corrected chi connectivity index (χ4v) is 1.23. The van der Waals surface area contributed by atoms with E-state index in [2.05, 4.69) is 16.4 Å². The lowest BCUT2D eigenvalue weighted by molar-refractivity contribution is 0.754. The molecule has 0 saturated carbocycles. The summed E-state index contributed by atoms with van der Waals surface area (Å²) in [5.74, 6) is 0. The van der Waals surface area contributed by atoms with Crippen molar-refractivity contribution in [3.05, 3.63) is 24.1 Å². The molecular formula is C7H9N2. The summed E-state index contributed by atoms with van der Waals surface area (Å²) in [5, 5.41) is 0. The number of rotatable bonds is 0. The van der Waals surface area contributed by atoms with Gasteiger partial charge in [-0.2, -0.15) is 0 Å². The van der Waals surface area contributed by atoms with Crippen LogP contribution in [0.25, 0.3) is 0 Å². The third-order valence-electron chi connectivity index (χ3n) is 1.72. The van der Waals surface area contributed by atoms with Gasteiger partial charge in [-0.1, -0.05) is 0 Å². The number of nitrogens with one attached hydrogen (secondary N) is 1. The van der Waals surface area contributed by atoms with Crippen LogP contribution in [-0.2, 0) is 6.42 Å². The van der Waals surface area contributed by atoms with Gasteiger partial charge in [0.1, 0.15) is 0 Å². The van der Waals surface area contributed by atoms with Crippen molar-refractivity contribution in [3.8, 4) is 0 Å². The number of hydrogen-bond donors (Lipinski definition) is 1. The minimum Gasteiger partial charge on any atom is -0.348 e. The van der Waals surface area contributed by atoms with Gasteiger partial charge in [-0.15, -0.1) is 0 Å². The lowest BCUT2D eigenvalue weighted by Crippen LogP contribution is -1.98. The first-order valence-corrected chi connectivity index (χ1v) is 3.32. The maximum Gasteiger partial charge on any atom is 0.0925 e. The van der Waals surface area contributed by atoms with Gasteiger partial charge in [-0.25, -0.2) is 4.98 Å². The molecule has 2 rings (SSSR count). The quantitative estimate of drug-likeness (QED) is 0.550. The van der Waals surface area contributed by atoms with Crippen LogP contribution in [0.2, 0.25) is 0 Å². The van der Waals surface area contributed by atoms with Crippen LogP contribution in [0.15, 0.2) is 6.33 Å². The number of H-pyrrole nitrogens is 1. The van der Waals surface area contributed by atoms with E-state index in [0.717, 1.165) is 0 Å². The maximum atomic E-state index is 4.15. The van der Waals surface area contributed by atoms with Crippen LogP contribution in [0.4, 0.5) is 0 Å². The van der Waals surface area contributed by atoms with E-state index in [0.29, 0.717) is 0 Å². The number of imidazole rings is 1. The molecule has 0 spiro atoms. The summed E-state index contributed by atoms with van der Waals surface area (Å²) in [5.41, 5.74) is 2.47. The van der Waals surface area contributed by atoms with Crippen LogP contribution in [0, 0.1) is 6.42 Å². The molecule has 1 aliphatic carbocycles. The summed E-state index contributed by atoms with van der Waals surface area (Å²) in [6, 6.07) is 0. The zero-order chi connectivity index (χ0) is 6.10. The third kappa shape index (κ3) is 0.745. The highest BCUT2D eigenvalue weighted by Crippen LogP contribution is 2.17. The van der Waals surface area contributed by atoms with Gasteiger partial charge in [0.15, 0.2) is 0 Å². The zero-order valence-electron chi connectivity index (χ0n) is 5.22. The van der Waals surface area contributed by atoms with E-state index in [4.69, 9.17) is 0 Å². The first-order chi connectivity index (χ1) is 4.47. The van der Waals surface area contributed by atoms with Crippen LogP contribution < -0.4 is 0 Å². The molecule has 1 aliphatic rings. The molecule has 1 heterocycles. The molecule has 0 aliphatic heterocycles. The van der Waals surface area contributed by atoms with E-state index in [1.54, 1.807) is 6.33 Å². The Bertz CT molecular complexity index is 182. The summed E-state index contributed by atoms with van der Waals surface area (Å²) in [6.45, 7) is 0. The maximum absolute atomic E-state index is 4.15. The third-order valence-corrected chi connectivity index (χ3v) is 1.72. The second-order valence-corrected chi connectivity index (χ2v) is 2.36. The van der Waals surface area contributed by atoms with Crippen molar-refractivity contribution in [1.82, 2.24) is 9.97 Å². The Morgan fingerprint density at radius 1 is 1.56 bits per heavy atom. The summed E-state index contributed by atoms with van der Waals surface area (Å²) in [4.78, 5) is 7.26. The fourth-order valence-electron chi connectivity index (χ4n) is 1.23. The number of aromatic nitrogens is 2. The molecule has 1 aromatic rings. The molecule has 2 nitrogen and oxygen atoms in total. The van der Waals surface area contributed by atoms with Crippen LogP contribution in [0.1, 0.15) is 24.2 Å². The SMILES string of the molecule is [CH]1CCCc2[nH]cnc21. The van der Waals surface area contributed by atoms with E-state index in [1.807, 2.05) is 0 Å². The second kappa shape index (κ2) is 1.87. The van der Waals surface area contributed by atoms with Crippen LogP contribution in [0.5, 0.6) is 0 Å². The van der Waals surface area contributed by atoms with E-state index < -0.39 is 0 Å². The number of fused-ring (bicyclic) bond motifs is 1. The molecule has 2 heteroatoms. The Morgan fingerprint density at radius 2 is 2.56 bits per heavy atom. The van der Waals surface area contributed by atoms with Crippen molar-refractivity contribution in [2.75, 3.05) is 0 Å². The van der Waals surface area contributed by atoms with Gasteiger partial charge in [-0.05, 0) is 19.3 Å². The molecule has 0 saturated heterocycles. The minimum atomic E-state index is 1.17. The van der Waals surface area contributed by atoms with E-state index >= 15 is 0 Å². The molecule has 1 radical (unpaired) electrons. The topological polar surface area (TPSA) is 28.7 Å². The van der Waals surface area contributed by atoms with Crippen LogP contribution in [0.3, 0.4) is 0 Å².